The number of fused-ring (bicyclic) bond motifs is 2. The van der Waals surface area contributed by atoms with Gasteiger partial charge in [0, 0.05) is 0 Å². The van der Waals surface area contributed by atoms with Crippen molar-refractivity contribution in [1.82, 2.24) is 0 Å². The van der Waals surface area contributed by atoms with Gasteiger partial charge in [-0.1, -0.05) is 94.4 Å². The molecular formula is C22H32Br2. The molecule has 4 aliphatic rings. The lowest BCUT2D eigenvalue weighted by atomic mass is 9.64. The van der Waals surface area contributed by atoms with Crippen LogP contribution in [0.15, 0.2) is 20.1 Å². The molecule has 4 rings (SSSR count). The maximum atomic E-state index is 3.98. The van der Waals surface area contributed by atoms with E-state index >= 15 is 0 Å². The van der Waals surface area contributed by atoms with Crippen LogP contribution < -0.4 is 0 Å². The third kappa shape index (κ3) is 3.36. The highest BCUT2D eigenvalue weighted by atomic mass is 79.9. The lowest BCUT2D eigenvalue weighted by Crippen LogP contribution is -2.32. The first kappa shape index (κ1) is 17.8. The topological polar surface area (TPSA) is 0 Å². The zero-order valence-electron chi connectivity index (χ0n) is 15.0. The zero-order chi connectivity index (χ0) is 16.5. The summed E-state index contributed by atoms with van der Waals surface area (Å²) in [5, 5.41) is 0. The molecule has 0 N–H and O–H groups in total. The van der Waals surface area contributed by atoms with E-state index in [1.807, 2.05) is 0 Å². The summed E-state index contributed by atoms with van der Waals surface area (Å²) in [4.78, 5) is 0. The predicted octanol–water partition coefficient (Wildman–Crippen LogP) is 8.27. The normalized spacial score (nSPS) is 37.2. The van der Waals surface area contributed by atoms with Crippen LogP contribution in [0, 0.1) is 23.7 Å². The Morgan fingerprint density at radius 3 is 1.21 bits per heavy atom. The molecule has 2 saturated carbocycles. The molecule has 0 aliphatic heterocycles. The molecule has 0 aromatic carbocycles. The number of halogens is 2. The molecule has 0 nitrogen and oxygen atoms in total. The molecule has 0 heterocycles. The first-order valence-corrected chi connectivity index (χ1v) is 12.1. The van der Waals surface area contributed by atoms with Gasteiger partial charge in [-0.2, -0.15) is 0 Å². The number of rotatable bonds is 3. The van der Waals surface area contributed by atoms with Gasteiger partial charge in [-0.05, 0) is 71.2 Å². The van der Waals surface area contributed by atoms with E-state index in [4.69, 9.17) is 0 Å². The van der Waals surface area contributed by atoms with E-state index in [1.165, 1.54) is 89.9 Å². The van der Waals surface area contributed by atoms with Crippen molar-refractivity contribution >= 4 is 31.9 Å². The SMILES string of the molecule is BrC1=C(CCC2=C(Br)C3CCCCCCC23)C2CCCCCCC12. The van der Waals surface area contributed by atoms with Crippen LogP contribution in [0.25, 0.3) is 0 Å². The van der Waals surface area contributed by atoms with Gasteiger partial charge in [-0.3, -0.25) is 0 Å². The standard InChI is InChI=1S/C22H32Br2/c23-21-17-11-7-3-1-5-9-15(17)19(21)13-14-20-16-10-6-2-4-8-12-18(16)22(20)24/h15-18H,1-14H2. The molecule has 24 heavy (non-hydrogen) atoms. The fraction of sp³-hybridized carbons (Fsp3) is 0.818. The van der Waals surface area contributed by atoms with Crippen LogP contribution in [0.3, 0.4) is 0 Å². The predicted molar refractivity (Wildman–Crippen MR) is 111 cm³/mol. The first-order valence-electron chi connectivity index (χ1n) is 10.5. The van der Waals surface area contributed by atoms with Crippen molar-refractivity contribution in [2.75, 3.05) is 0 Å². The molecule has 0 aromatic rings. The van der Waals surface area contributed by atoms with Gasteiger partial charge < -0.3 is 0 Å². The van der Waals surface area contributed by atoms with E-state index in [-0.39, 0.29) is 0 Å². The van der Waals surface area contributed by atoms with Crippen molar-refractivity contribution in [3.05, 3.63) is 20.1 Å². The Balaban J connectivity index is 1.39. The van der Waals surface area contributed by atoms with Crippen molar-refractivity contribution in [3.8, 4) is 0 Å². The van der Waals surface area contributed by atoms with E-state index in [9.17, 15) is 0 Å². The Morgan fingerprint density at radius 2 is 0.833 bits per heavy atom. The third-order valence-corrected chi connectivity index (χ3v) is 9.55. The van der Waals surface area contributed by atoms with Crippen LogP contribution in [0.1, 0.15) is 89.9 Å². The van der Waals surface area contributed by atoms with Gasteiger partial charge in [0.2, 0.25) is 0 Å². The van der Waals surface area contributed by atoms with Gasteiger partial charge in [-0.15, -0.1) is 0 Å². The summed E-state index contributed by atoms with van der Waals surface area (Å²) in [6.07, 6.45) is 20.1. The molecule has 0 spiro atoms. The van der Waals surface area contributed by atoms with Gasteiger partial charge in [0.05, 0.1) is 0 Å². The summed E-state index contributed by atoms with van der Waals surface area (Å²) in [6, 6.07) is 0. The summed E-state index contributed by atoms with van der Waals surface area (Å²) >= 11 is 7.95. The van der Waals surface area contributed by atoms with Crippen LogP contribution in [0.4, 0.5) is 0 Å². The second-order valence-corrected chi connectivity index (χ2v) is 10.4. The first-order chi connectivity index (χ1) is 11.8. The molecule has 0 radical (unpaired) electrons. The molecule has 0 bridgehead atoms. The summed E-state index contributed by atoms with van der Waals surface area (Å²) in [6.45, 7) is 0. The van der Waals surface area contributed by atoms with Gasteiger partial charge in [0.1, 0.15) is 0 Å². The number of hydrogen-bond donors (Lipinski definition) is 0. The maximum absolute atomic E-state index is 3.98. The fourth-order valence-corrected chi connectivity index (χ4v) is 8.01. The lowest BCUT2D eigenvalue weighted by molar-refractivity contribution is 0.280. The number of hydrogen-bond acceptors (Lipinski definition) is 0. The van der Waals surface area contributed by atoms with Crippen molar-refractivity contribution in [3.63, 3.8) is 0 Å². The molecule has 134 valence electrons. The minimum Gasteiger partial charge on any atom is -0.0557 e. The summed E-state index contributed by atoms with van der Waals surface area (Å²) in [7, 11) is 0. The third-order valence-electron chi connectivity index (χ3n) is 7.36. The lowest BCUT2D eigenvalue weighted by Gasteiger charge is -2.44. The molecule has 4 aliphatic carbocycles. The van der Waals surface area contributed by atoms with E-state index in [2.05, 4.69) is 31.9 Å². The molecule has 0 saturated heterocycles. The summed E-state index contributed by atoms with van der Waals surface area (Å²) in [5.41, 5.74) is 3.59. The summed E-state index contributed by atoms with van der Waals surface area (Å²) < 4.78 is 3.22. The Labute approximate surface area is 165 Å². The van der Waals surface area contributed by atoms with Crippen LogP contribution >= 0.6 is 31.9 Å². The smallest absolute Gasteiger partial charge is 0.00172 e. The molecule has 4 unspecified atom stereocenters. The monoisotopic (exact) mass is 454 g/mol. The van der Waals surface area contributed by atoms with E-state index in [0.717, 1.165) is 23.7 Å². The highest BCUT2D eigenvalue weighted by Crippen LogP contribution is 2.55. The van der Waals surface area contributed by atoms with Crippen LogP contribution in [0.2, 0.25) is 0 Å². The van der Waals surface area contributed by atoms with Crippen molar-refractivity contribution in [2.24, 2.45) is 23.7 Å². The average molecular weight is 456 g/mol. The Hall–Kier alpha value is 0.440. The Morgan fingerprint density at radius 1 is 0.500 bits per heavy atom. The van der Waals surface area contributed by atoms with Crippen LogP contribution in [0.5, 0.6) is 0 Å². The van der Waals surface area contributed by atoms with Gasteiger partial charge in [0.25, 0.3) is 0 Å². The van der Waals surface area contributed by atoms with Gasteiger partial charge in [0.15, 0.2) is 0 Å². The minimum atomic E-state index is 0.883. The fourth-order valence-electron chi connectivity index (χ4n) is 5.93. The van der Waals surface area contributed by atoms with Crippen molar-refractivity contribution in [1.29, 1.82) is 0 Å². The highest BCUT2D eigenvalue weighted by molar-refractivity contribution is 9.12. The second kappa shape index (κ2) is 7.99. The van der Waals surface area contributed by atoms with Crippen LogP contribution in [-0.4, -0.2) is 0 Å². The van der Waals surface area contributed by atoms with E-state index in [0.29, 0.717) is 0 Å². The highest BCUT2D eigenvalue weighted by Gasteiger charge is 2.41. The van der Waals surface area contributed by atoms with Crippen molar-refractivity contribution in [2.45, 2.75) is 89.9 Å². The molecule has 2 heteroatoms. The molecule has 0 amide bonds. The van der Waals surface area contributed by atoms with Gasteiger partial charge >= 0.3 is 0 Å². The minimum absolute atomic E-state index is 0.883. The zero-order valence-corrected chi connectivity index (χ0v) is 18.1. The van der Waals surface area contributed by atoms with Gasteiger partial charge in [-0.25, -0.2) is 0 Å². The quantitative estimate of drug-likeness (QED) is 0.401. The maximum Gasteiger partial charge on any atom is -0.00172 e. The Kier molecular flexibility index (Phi) is 5.94. The number of allylic oxidation sites excluding steroid dienone is 4. The van der Waals surface area contributed by atoms with E-state index < -0.39 is 0 Å². The largest absolute Gasteiger partial charge is 0.0557 e. The Bertz CT molecular complexity index is 482. The second-order valence-electron chi connectivity index (χ2n) is 8.66. The molecule has 2 fully saturated rings. The van der Waals surface area contributed by atoms with E-state index in [1.54, 1.807) is 20.1 Å². The molecule has 0 aromatic heterocycles. The molecule has 4 atom stereocenters. The van der Waals surface area contributed by atoms with Crippen molar-refractivity contribution < 1.29 is 0 Å². The average Bonchev–Trinajstić information content (AvgIpc) is 2.54. The molecular weight excluding hydrogens is 424 g/mol. The van der Waals surface area contributed by atoms with Crippen LogP contribution in [-0.2, 0) is 0 Å². The summed E-state index contributed by atoms with van der Waals surface area (Å²) in [5.74, 6) is 3.61.